The average molecular weight is 307 g/mol. The van der Waals surface area contributed by atoms with Crippen molar-refractivity contribution in [2.24, 2.45) is 11.8 Å². The Morgan fingerprint density at radius 1 is 1.43 bits per heavy atom. The molecule has 1 heterocycles. The van der Waals surface area contributed by atoms with Crippen LogP contribution in [-0.2, 0) is 4.79 Å². The fourth-order valence-corrected chi connectivity index (χ4v) is 2.77. The van der Waals surface area contributed by atoms with Gasteiger partial charge in [-0.1, -0.05) is 25.2 Å². The van der Waals surface area contributed by atoms with Gasteiger partial charge in [0.1, 0.15) is 0 Å². The molecule has 7 heteroatoms. The minimum absolute atomic E-state index is 0.0495. The van der Waals surface area contributed by atoms with Crippen LogP contribution < -0.4 is 11.1 Å². The van der Waals surface area contributed by atoms with Gasteiger partial charge in [0, 0.05) is 12.1 Å². The number of rotatable bonds is 5. The van der Waals surface area contributed by atoms with Crippen molar-refractivity contribution in [3.8, 4) is 0 Å². The number of nitrogen functional groups attached to an aromatic ring is 1. The van der Waals surface area contributed by atoms with Crippen LogP contribution in [0.3, 0.4) is 0 Å². The maximum Gasteiger partial charge on any atom is 0.308 e. The lowest BCUT2D eigenvalue weighted by Gasteiger charge is -2.16. The van der Waals surface area contributed by atoms with Crippen molar-refractivity contribution in [1.82, 2.24) is 10.3 Å². The third-order valence-corrected chi connectivity index (χ3v) is 4.12. The number of nitrogens with two attached hydrogens (primary N) is 1. The van der Waals surface area contributed by atoms with E-state index in [1.807, 2.05) is 13.8 Å². The van der Waals surface area contributed by atoms with Crippen LogP contribution in [0.5, 0.6) is 0 Å². The number of fused-ring (bicyclic) bond motifs is 1. The number of carboxylic acids is 1. The number of amides is 1. The van der Waals surface area contributed by atoms with E-state index in [0.29, 0.717) is 10.7 Å². The van der Waals surface area contributed by atoms with Crippen LogP contribution >= 0.6 is 11.3 Å². The number of benzene rings is 1. The van der Waals surface area contributed by atoms with Crippen molar-refractivity contribution in [1.29, 1.82) is 0 Å². The molecule has 2 rings (SSSR count). The van der Waals surface area contributed by atoms with Crippen molar-refractivity contribution < 1.29 is 14.7 Å². The third-order valence-electron chi connectivity index (χ3n) is 3.27. The molecule has 1 amide bonds. The second-order valence-electron chi connectivity index (χ2n) is 5.13. The molecule has 4 N–H and O–H groups in total. The van der Waals surface area contributed by atoms with E-state index >= 15 is 0 Å². The third kappa shape index (κ3) is 3.49. The highest BCUT2D eigenvalue weighted by Crippen LogP contribution is 2.24. The van der Waals surface area contributed by atoms with Gasteiger partial charge in [0.15, 0.2) is 5.13 Å². The molecule has 21 heavy (non-hydrogen) atoms. The first-order valence-electron chi connectivity index (χ1n) is 6.55. The van der Waals surface area contributed by atoms with Gasteiger partial charge in [-0.3, -0.25) is 9.59 Å². The molecule has 0 fully saturated rings. The van der Waals surface area contributed by atoms with Crippen molar-refractivity contribution in [2.75, 3.05) is 12.3 Å². The van der Waals surface area contributed by atoms with E-state index in [-0.39, 0.29) is 18.4 Å². The second kappa shape index (κ2) is 6.09. The molecule has 1 unspecified atom stereocenters. The number of nitrogens with zero attached hydrogens (tertiary/aromatic N) is 1. The lowest BCUT2D eigenvalue weighted by molar-refractivity contribution is -0.142. The Bertz CT molecular complexity index is 681. The number of hydrogen-bond acceptors (Lipinski definition) is 5. The summed E-state index contributed by atoms with van der Waals surface area (Å²) in [5.74, 6) is -1.85. The van der Waals surface area contributed by atoms with Crippen LogP contribution in [0.25, 0.3) is 10.2 Å². The lowest BCUT2D eigenvalue weighted by atomic mass is 9.96. The van der Waals surface area contributed by atoms with Crippen LogP contribution in [0, 0.1) is 11.8 Å². The van der Waals surface area contributed by atoms with Crippen LogP contribution in [0.15, 0.2) is 18.2 Å². The topological polar surface area (TPSA) is 105 Å². The lowest BCUT2D eigenvalue weighted by Crippen LogP contribution is -2.35. The molecule has 0 spiro atoms. The predicted molar refractivity (Wildman–Crippen MR) is 82.3 cm³/mol. The Labute approximate surface area is 126 Å². The summed E-state index contributed by atoms with van der Waals surface area (Å²) in [5, 5.41) is 12.2. The molecule has 0 aliphatic carbocycles. The number of carboxylic acid groups (broad SMARTS) is 1. The van der Waals surface area contributed by atoms with Gasteiger partial charge in [0.2, 0.25) is 0 Å². The van der Waals surface area contributed by atoms with Gasteiger partial charge in [0.05, 0.1) is 16.1 Å². The zero-order valence-electron chi connectivity index (χ0n) is 11.8. The Morgan fingerprint density at radius 3 is 2.76 bits per heavy atom. The number of carbonyl (C=O) groups is 2. The van der Waals surface area contributed by atoms with Gasteiger partial charge < -0.3 is 16.2 Å². The highest BCUT2D eigenvalue weighted by atomic mass is 32.1. The number of thiazole rings is 1. The molecule has 0 aliphatic rings. The molecule has 1 atom stereocenters. The van der Waals surface area contributed by atoms with Gasteiger partial charge in [0.25, 0.3) is 5.91 Å². The maximum absolute atomic E-state index is 12.1. The monoisotopic (exact) mass is 307 g/mol. The Kier molecular flexibility index (Phi) is 4.42. The number of anilines is 1. The number of nitrogens with one attached hydrogen (secondary N) is 1. The molecule has 0 saturated carbocycles. The molecule has 2 aromatic rings. The van der Waals surface area contributed by atoms with E-state index in [1.165, 1.54) is 11.3 Å². The first-order chi connectivity index (χ1) is 9.88. The smallest absolute Gasteiger partial charge is 0.308 e. The molecule has 0 aliphatic heterocycles. The van der Waals surface area contributed by atoms with Gasteiger partial charge in [-0.05, 0) is 24.1 Å². The van der Waals surface area contributed by atoms with E-state index in [9.17, 15) is 9.59 Å². The van der Waals surface area contributed by atoms with Gasteiger partial charge in [-0.15, -0.1) is 0 Å². The Morgan fingerprint density at radius 2 is 2.14 bits per heavy atom. The van der Waals surface area contributed by atoms with Crippen LogP contribution in [0.2, 0.25) is 0 Å². The fraction of sp³-hybridized carbons (Fsp3) is 0.357. The van der Waals surface area contributed by atoms with Gasteiger partial charge in [-0.25, -0.2) is 4.98 Å². The maximum atomic E-state index is 12.1. The van der Waals surface area contributed by atoms with Crippen molar-refractivity contribution >= 4 is 38.6 Å². The zero-order chi connectivity index (χ0) is 15.6. The molecule has 0 saturated heterocycles. The van der Waals surface area contributed by atoms with E-state index < -0.39 is 11.9 Å². The molecular formula is C14H17N3O3S. The summed E-state index contributed by atoms with van der Waals surface area (Å²) in [6.07, 6.45) is 0. The molecule has 1 aromatic heterocycles. The van der Waals surface area contributed by atoms with Crippen LogP contribution in [-0.4, -0.2) is 28.5 Å². The minimum Gasteiger partial charge on any atom is -0.481 e. The number of hydrogen-bond donors (Lipinski definition) is 3. The zero-order valence-corrected chi connectivity index (χ0v) is 12.6. The standard InChI is InChI=1S/C14H17N3O3S/c1-7(2)9(13(19)20)6-16-12(18)8-3-4-10-11(5-8)21-14(15)17-10/h3-5,7,9H,6H2,1-2H3,(H2,15,17)(H,16,18)(H,19,20). The summed E-state index contributed by atoms with van der Waals surface area (Å²) < 4.78 is 0.832. The summed E-state index contributed by atoms with van der Waals surface area (Å²) in [5.41, 5.74) is 6.84. The fourth-order valence-electron chi connectivity index (χ4n) is 2.00. The quantitative estimate of drug-likeness (QED) is 0.783. The van der Waals surface area contributed by atoms with E-state index in [1.54, 1.807) is 18.2 Å². The largest absolute Gasteiger partial charge is 0.481 e. The SMILES string of the molecule is CC(C)C(CNC(=O)c1ccc2nc(N)sc2c1)C(=O)O. The van der Waals surface area contributed by atoms with Crippen LogP contribution in [0.4, 0.5) is 5.13 Å². The van der Waals surface area contributed by atoms with Crippen LogP contribution in [0.1, 0.15) is 24.2 Å². The number of aliphatic carboxylic acids is 1. The van der Waals surface area contributed by atoms with Gasteiger partial charge in [-0.2, -0.15) is 0 Å². The van der Waals surface area contributed by atoms with Crippen molar-refractivity contribution in [3.63, 3.8) is 0 Å². The minimum atomic E-state index is -0.906. The number of aromatic nitrogens is 1. The van der Waals surface area contributed by atoms with E-state index in [0.717, 1.165) is 10.2 Å². The molecule has 6 nitrogen and oxygen atoms in total. The summed E-state index contributed by atoms with van der Waals surface area (Å²) in [6.45, 7) is 3.74. The second-order valence-corrected chi connectivity index (χ2v) is 6.20. The summed E-state index contributed by atoms with van der Waals surface area (Å²) in [6, 6.07) is 5.10. The summed E-state index contributed by atoms with van der Waals surface area (Å²) in [4.78, 5) is 27.3. The number of carbonyl (C=O) groups excluding carboxylic acids is 1. The average Bonchev–Trinajstić information content (AvgIpc) is 2.76. The normalized spacial score (nSPS) is 12.5. The molecule has 112 valence electrons. The first kappa shape index (κ1) is 15.2. The molecule has 1 aromatic carbocycles. The van der Waals surface area contributed by atoms with E-state index in [2.05, 4.69) is 10.3 Å². The Balaban J connectivity index is 2.09. The van der Waals surface area contributed by atoms with E-state index in [4.69, 9.17) is 10.8 Å². The van der Waals surface area contributed by atoms with Gasteiger partial charge >= 0.3 is 5.97 Å². The first-order valence-corrected chi connectivity index (χ1v) is 7.37. The molecule has 0 radical (unpaired) electrons. The highest BCUT2D eigenvalue weighted by Gasteiger charge is 2.22. The summed E-state index contributed by atoms with van der Waals surface area (Å²) >= 11 is 1.31. The Hall–Kier alpha value is -2.15. The predicted octanol–water partition coefficient (Wildman–Crippen LogP) is 1.97. The molecular weight excluding hydrogens is 290 g/mol. The van der Waals surface area contributed by atoms with Crippen molar-refractivity contribution in [3.05, 3.63) is 23.8 Å². The van der Waals surface area contributed by atoms with Crippen molar-refractivity contribution in [2.45, 2.75) is 13.8 Å². The highest BCUT2D eigenvalue weighted by molar-refractivity contribution is 7.22. The molecule has 0 bridgehead atoms. The summed E-state index contributed by atoms with van der Waals surface area (Å²) in [7, 11) is 0.